The Hall–Kier alpha value is -2.23. The molecule has 4 heteroatoms. The van der Waals surface area contributed by atoms with Crippen LogP contribution in [-0.2, 0) is 9.59 Å². The van der Waals surface area contributed by atoms with Gasteiger partial charge in [0.05, 0.1) is 18.1 Å². The third kappa shape index (κ3) is 1.86. The van der Waals surface area contributed by atoms with Crippen LogP contribution in [0.2, 0.25) is 0 Å². The Labute approximate surface area is 123 Å². The number of nitrogens with zero attached hydrogens (tertiary/aromatic N) is 2. The van der Waals surface area contributed by atoms with Gasteiger partial charge >= 0.3 is 0 Å². The smallest absolute Gasteiger partial charge is 0.254 e. The lowest BCUT2D eigenvalue weighted by molar-refractivity contribution is -0.140. The summed E-state index contributed by atoms with van der Waals surface area (Å²) in [6, 6.07) is 9.51. The molecule has 1 aromatic carbocycles. The molecule has 21 heavy (non-hydrogen) atoms. The van der Waals surface area contributed by atoms with Crippen molar-refractivity contribution in [1.82, 2.24) is 5.01 Å². The zero-order valence-electron chi connectivity index (χ0n) is 11.6. The molecule has 1 aliphatic heterocycles. The van der Waals surface area contributed by atoms with Crippen LogP contribution in [0.25, 0.3) is 0 Å². The van der Waals surface area contributed by atoms with E-state index in [1.54, 1.807) is 6.21 Å². The Kier molecular flexibility index (Phi) is 2.77. The molecule has 1 heterocycles. The molecule has 0 unspecified atom stereocenters. The van der Waals surface area contributed by atoms with Gasteiger partial charge < -0.3 is 0 Å². The van der Waals surface area contributed by atoms with Gasteiger partial charge in [-0.2, -0.15) is 10.1 Å². The molecule has 2 bridgehead atoms. The lowest BCUT2D eigenvalue weighted by Gasteiger charge is -2.37. The summed E-state index contributed by atoms with van der Waals surface area (Å²) in [4.78, 5) is 25.0. The average Bonchev–Trinajstić information content (AvgIpc) is 2.81. The second kappa shape index (κ2) is 4.65. The molecule has 1 saturated heterocycles. The van der Waals surface area contributed by atoms with E-state index in [0.717, 1.165) is 23.4 Å². The van der Waals surface area contributed by atoms with E-state index in [0.29, 0.717) is 0 Å². The first-order valence-electron chi connectivity index (χ1n) is 7.41. The van der Waals surface area contributed by atoms with Crippen LogP contribution in [-0.4, -0.2) is 23.0 Å². The standard InChI is InChI=1S/C17H16N2O2/c20-16-14-12-6-7-13(9-8-12)15(14)17(21)19(16)18-10-11-4-2-1-3-5-11/h1-7,10,12-15H,8-9H2/b18-10-/t12-,13-,14-,15-/m1/s1. The summed E-state index contributed by atoms with van der Waals surface area (Å²) in [5, 5.41) is 5.26. The van der Waals surface area contributed by atoms with E-state index in [-0.39, 0.29) is 35.5 Å². The second-order valence-corrected chi connectivity index (χ2v) is 5.99. The van der Waals surface area contributed by atoms with Crippen LogP contribution in [0, 0.1) is 23.7 Å². The van der Waals surface area contributed by atoms with Crippen molar-refractivity contribution in [2.24, 2.45) is 28.8 Å². The van der Waals surface area contributed by atoms with Crippen molar-refractivity contribution in [1.29, 1.82) is 0 Å². The van der Waals surface area contributed by atoms with Crippen LogP contribution in [0.1, 0.15) is 18.4 Å². The molecule has 4 nitrogen and oxygen atoms in total. The number of hydrazone groups is 1. The first-order valence-corrected chi connectivity index (χ1v) is 7.41. The molecule has 0 aromatic heterocycles. The van der Waals surface area contributed by atoms with E-state index in [9.17, 15) is 9.59 Å². The van der Waals surface area contributed by atoms with Gasteiger partial charge in [0.1, 0.15) is 0 Å². The van der Waals surface area contributed by atoms with E-state index in [1.165, 1.54) is 0 Å². The quantitative estimate of drug-likeness (QED) is 0.474. The highest BCUT2D eigenvalue weighted by molar-refractivity contribution is 6.06. The summed E-state index contributed by atoms with van der Waals surface area (Å²) in [5.74, 6) is -0.197. The minimum atomic E-state index is -0.186. The molecule has 2 fully saturated rings. The van der Waals surface area contributed by atoms with E-state index in [4.69, 9.17) is 0 Å². The largest absolute Gasteiger partial charge is 0.272 e. The van der Waals surface area contributed by atoms with Crippen molar-refractivity contribution < 1.29 is 9.59 Å². The minimum absolute atomic E-state index is 0.128. The molecule has 0 radical (unpaired) electrons. The summed E-state index contributed by atoms with van der Waals surface area (Å²) in [5.41, 5.74) is 0.883. The number of allylic oxidation sites excluding steroid dienone is 2. The van der Waals surface area contributed by atoms with Gasteiger partial charge in [-0.05, 0) is 30.2 Å². The number of rotatable bonds is 2. The van der Waals surface area contributed by atoms with Crippen LogP contribution in [0.4, 0.5) is 0 Å². The Morgan fingerprint density at radius 1 is 0.952 bits per heavy atom. The van der Waals surface area contributed by atoms with Crippen molar-refractivity contribution in [2.45, 2.75) is 12.8 Å². The average molecular weight is 280 g/mol. The summed E-state index contributed by atoms with van der Waals surface area (Å²) in [6.45, 7) is 0. The van der Waals surface area contributed by atoms with E-state index < -0.39 is 0 Å². The number of benzene rings is 1. The van der Waals surface area contributed by atoms with Crippen LogP contribution in [0.15, 0.2) is 47.6 Å². The lowest BCUT2D eigenvalue weighted by atomic mass is 9.63. The van der Waals surface area contributed by atoms with Gasteiger partial charge in [-0.25, -0.2) is 0 Å². The topological polar surface area (TPSA) is 49.7 Å². The van der Waals surface area contributed by atoms with E-state index in [2.05, 4.69) is 17.3 Å². The van der Waals surface area contributed by atoms with Crippen molar-refractivity contribution >= 4 is 18.0 Å². The molecule has 5 rings (SSSR count). The molecule has 1 saturated carbocycles. The fraction of sp³-hybridized carbons (Fsp3) is 0.353. The van der Waals surface area contributed by atoms with Gasteiger partial charge in [-0.3, -0.25) is 9.59 Å². The normalized spacial score (nSPS) is 34.0. The van der Waals surface area contributed by atoms with Crippen molar-refractivity contribution in [3.8, 4) is 0 Å². The van der Waals surface area contributed by atoms with Crippen LogP contribution in [0.5, 0.6) is 0 Å². The lowest BCUT2D eigenvalue weighted by Crippen LogP contribution is -2.38. The van der Waals surface area contributed by atoms with E-state index in [1.807, 2.05) is 30.3 Å². The number of amides is 2. The third-order valence-corrected chi connectivity index (χ3v) is 4.86. The number of hydrogen-bond donors (Lipinski definition) is 0. The zero-order valence-corrected chi connectivity index (χ0v) is 11.6. The summed E-state index contributed by atoms with van der Waals surface area (Å²) >= 11 is 0. The Morgan fingerprint density at radius 2 is 1.52 bits per heavy atom. The molecule has 1 aromatic rings. The predicted molar refractivity (Wildman–Crippen MR) is 78.2 cm³/mol. The number of carbonyl (C=O) groups is 2. The highest BCUT2D eigenvalue weighted by atomic mass is 16.2. The van der Waals surface area contributed by atoms with Gasteiger partial charge in [0.25, 0.3) is 11.8 Å². The monoisotopic (exact) mass is 280 g/mol. The molecular weight excluding hydrogens is 264 g/mol. The Balaban J connectivity index is 1.62. The van der Waals surface area contributed by atoms with Gasteiger partial charge in [0.2, 0.25) is 0 Å². The van der Waals surface area contributed by atoms with Gasteiger partial charge in [0, 0.05) is 0 Å². The zero-order chi connectivity index (χ0) is 14.4. The van der Waals surface area contributed by atoms with E-state index >= 15 is 0 Å². The molecular formula is C17H16N2O2. The van der Waals surface area contributed by atoms with Crippen molar-refractivity contribution in [2.75, 3.05) is 0 Å². The third-order valence-electron chi connectivity index (χ3n) is 4.86. The molecule has 2 amide bonds. The van der Waals surface area contributed by atoms with Crippen LogP contribution < -0.4 is 0 Å². The predicted octanol–water partition coefficient (Wildman–Crippen LogP) is 2.22. The summed E-state index contributed by atoms with van der Waals surface area (Å²) < 4.78 is 0. The highest BCUT2D eigenvalue weighted by Crippen LogP contribution is 2.49. The van der Waals surface area contributed by atoms with Gasteiger partial charge in [-0.1, -0.05) is 42.5 Å². The SMILES string of the molecule is O=C1[C@H]2[C@H](C(=O)N1/N=C\c1ccccc1)[C@@H]1C=C[C@@H]2CC1. The second-order valence-electron chi connectivity index (χ2n) is 5.99. The van der Waals surface area contributed by atoms with Gasteiger partial charge in [-0.15, -0.1) is 0 Å². The Bertz CT molecular complexity index is 618. The van der Waals surface area contributed by atoms with Crippen molar-refractivity contribution in [3.63, 3.8) is 0 Å². The highest BCUT2D eigenvalue weighted by Gasteiger charge is 2.56. The molecule has 3 aliphatic carbocycles. The summed E-state index contributed by atoms with van der Waals surface area (Å²) in [6.07, 6.45) is 7.84. The number of fused-ring (bicyclic) bond motifs is 1. The van der Waals surface area contributed by atoms with Crippen LogP contribution in [0.3, 0.4) is 0 Å². The number of carbonyl (C=O) groups excluding carboxylic acids is 2. The maximum Gasteiger partial charge on any atom is 0.254 e. The minimum Gasteiger partial charge on any atom is -0.272 e. The molecule has 4 atom stereocenters. The Morgan fingerprint density at radius 3 is 2.05 bits per heavy atom. The first-order chi connectivity index (χ1) is 10.3. The molecule has 106 valence electrons. The van der Waals surface area contributed by atoms with Gasteiger partial charge in [0.15, 0.2) is 0 Å². The van der Waals surface area contributed by atoms with Crippen molar-refractivity contribution in [3.05, 3.63) is 48.0 Å². The number of imide groups is 1. The first kappa shape index (κ1) is 12.5. The molecule has 4 aliphatic rings. The molecule has 0 N–H and O–H groups in total. The summed E-state index contributed by atoms with van der Waals surface area (Å²) in [7, 11) is 0. The maximum atomic E-state index is 12.5. The fourth-order valence-electron chi connectivity index (χ4n) is 3.84. The number of hydrogen-bond acceptors (Lipinski definition) is 3. The van der Waals surface area contributed by atoms with Crippen LogP contribution >= 0.6 is 0 Å². The molecule has 0 spiro atoms. The fourth-order valence-corrected chi connectivity index (χ4v) is 3.84. The maximum absolute atomic E-state index is 12.5.